The van der Waals surface area contributed by atoms with E-state index in [-0.39, 0.29) is 18.0 Å². The molecule has 3 rings (SSSR count). The maximum Gasteiger partial charge on any atom is 0.251 e. The highest BCUT2D eigenvalue weighted by Crippen LogP contribution is 2.30. The minimum atomic E-state index is 0. The molecular weight excluding hydrogens is 304 g/mol. The van der Waals surface area contributed by atoms with Crippen molar-refractivity contribution < 1.29 is 0 Å². The van der Waals surface area contributed by atoms with Gasteiger partial charge in [-0.3, -0.25) is 4.79 Å². The molecule has 2 aromatic rings. The molecule has 0 spiro atoms. The number of pyridine rings is 1. The van der Waals surface area contributed by atoms with Crippen molar-refractivity contribution in [1.82, 2.24) is 10.3 Å². The predicted molar refractivity (Wildman–Crippen MR) is 91.6 cm³/mol. The molecule has 0 aromatic carbocycles. The van der Waals surface area contributed by atoms with Crippen LogP contribution in [0.5, 0.6) is 0 Å². The summed E-state index contributed by atoms with van der Waals surface area (Å²) < 4.78 is 0. The number of hydrogen-bond donors (Lipinski definition) is 2. The zero-order chi connectivity index (χ0) is 14.1. The van der Waals surface area contributed by atoms with Gasteiger partial charge in [0.15, 0.2) is 0 Å². The Morgan fingerprint density at radius 3 is 2.81 bits per heavy atom. The number of thiophene rings is 1. The quantitative estimate of drug-likeness (QED) is 0.881. The lowest BCUT2D eigenvalue weighted by molar-refractivity contribution is 0.695. The first-order valence-electron chi connectivity index (χ1n) is 7.22. The van der Waals surface area contributed by atoms with Crippen molar-refractivity contribution in [3.05, 3.63) is 44.7 Å². The van der Waals surface area contributed by atoms with Crippen LogP contribution in [0.25, 0.3) is 10.4 Å². The third-order valence-corrected chi connectivity index (χ3v) is 4.88. The van der Waals surface area contributed by atoms with Crippen molar-refractivity contribution >= 4 is 23.7 Å². The molecular formula is C16H21ClN2OS. The van der Waals surface area contributed by atoms with E-state index in [9.17, 15) is 4.79 Å². The second-order valence-corrected chi connectivity index (χ2v) is 6.61. The fourth-order valence-corrected chi connectivity index (χ4v) is 3.37. The van der Waals surface area contributed by atoms with E-state index < -0.39 is 0 Å². The SMILES string of the molecule is CCc1cc(-c2ccc(CNC3CC3)s2)c(C)[nH]c1=O.Cl. The van der Waals surface area contributed by atoms with Crippen LogP contribution in [0.2, 0.25) is 0 Å². The number of halogens is 1. The second kappa shape index (κ2) is 6.77. The molecule has 2 heterocycles. The maximum absolute atomic E-state index is 11.8. The van der Waals surface area contributed by atoms with Crippen molar-refractivity contribution in [3.63, 3.8) is 0 Å². The summed E-state index contributed by atoms with van der Waals surface area (Å²) in [5, 5.41) is 3.54. The predicted octanol–water partition coefficient (Wildman–Crippen LogP) is 3.65. The van der Waals surface area contributed by atoms with Crippen LogP contribution in [-0.2, 0) is 13.0 Å². The first kappa shape index (κ1) is 16.3. The Hall–Kier alpha value is -1.10. The Kier molecular flexibility index (Phi) is 5.25. The highest BCUT2D eigenvalue weighted by atomic mass is 35.5. The molecule has 0 unspecified atom stereocenters. The van der Waals surface area contributed by atoms with Gasteiger partial charge in [0.25, 0.3) is 5.56 Å². The molecule has 1 fully saturated rings. The number of rotatable bonds is 5. The molecule has 21 heavy (non-hydrogen) atoms. The van der Waals surface area contributed by atoms with Crippen LogP contribution in [0.15, 0.2) is 23.0 Å². The standard InChI is InChI=1S/C16H20N2OS.ClH/c1-3-11-8-14(10(2)18-16(11)19)15-7-6-13(20-15)9-17-12-4-5-12;/h6-8,12,17H,3-5,9H2,1-2H3,(H,18,19);1H. The van der Waals surface area contributed by atoms with Crippen LogP contribution in [-0.4, -0.2) is 11.0 Å². The fourth-order valence-electron chi connectivity index (χ4n) is 2.33. The van der Waals surface area contributed by atoms with Gasteiger partial charge in [0, 0.05) is 39.2 Å². The minimum Gasteiger partial charge on any atom is -0.326 e. The summed E-state index contributed by atoms with van der Waals surface area (Å²) >= 11 is 1.81. The van der Waals surface area contributed by atoms with Crippen LogP contribution in [0.4, 0.5) is 0 Å². The van der Waals surface area contributed by atoms with E-state index >= 15 is 0 Å². The molecule has 0 amide bonds. The molecule has 0 radical (unpaired) electrons. The van der Waals surface area contributed by atoms with Crippen LogP contribution in [0, 0.1) is 6.92 Å². The van der Waals surface area contributed by atoms with Crippen molar-refractivity contribution in [2.24, 2.45) is 0 Å². The average Bonchev–Trinajstić information content (AvgIpc) is 3.15. The Bertz CT molecular complexity index is 673. The summed E-state index contributed by atoms with van der Waals surface area (Å²) in [7, 11) is 0. The van der Waals surface area contributed by atoms with Gasteiger partial charge in [-0.15, -0.1) is 23.7 Å². The number of aromatic nitrogens is 1. The topological polar surface area (TPSA) is 44.9 Å². The largest absolute Gasteiger partial charge is 0.326 e. The zero-order valence-electron chi connectivity index (χ0n) is 12.4. The highest BCUT2D eigenvalue weighted by Gasteiger charge is 2.20. The smallest absolute Gasteiger partial charge is 0.251 e. The van der Waals surface area contributed by atoms with Crippen molar-refractivity contribution in [2.45, 2.75) is 45.7 Å². The highest BCUT2D eigenvalue weighted by molar-refractivity contribution is 7.15. The van der Waals surface area contributed by atoms with Gasteiger partial charge < -0.3 is 10.3 Å². The number of nitrogens with one attached hydrogen (secondary N) is 2. The molecule has 5 heteroatoms. The van der Waals surface area contributed by atoms with Gasteiger partial charge in [0.1, 0.15) is 0 Å². The molecule has 2 aromatic heterocycles. The molecule has 0 bridgehead atoms. The lowest BCUT2D eigenvalue weighted by Gasteiger charge is -2.05. The molecule has 0 saturated heterocycles. The van der Waals surface area contributed by atoms with Crippen LogP contribution in [0.1, 0.15) is 35.9 Å². The van der Waals surface area contributed by atoms with E-state index in [1.54, 1.807) is 0 Å². The van der Waals surface area contributed by atoms with Gasteiger partial charge in [0.05, 0.1) is 0 Å². The summed E-state index contributed by atoms with van der Waals surface area (Å²) in [6.07, 6.45) is 3.40. The molecule has 1 aliphatic rings. The van der Waals surface area contributed by atoms with Gasteiger partial charge in [-0.05, 0) is 44.4 Å². The third-order valence-electron chi connectivity index (χ3n) is 3.77. The summed E-state index contributed by atoms with van der Waals surface area (Å²) in [5.41, 5.74) is 3.01. The monoisotopic (exact) mass is 324 g/mol. The number of H-pyrrole nitrogens is 1. The van der Waals surface area contributed by atoms with Gasteiger partial charge in [-0.2, -0.15) is 0 Å². The van der Waals surface area contributed by atoms with Gasteiger partial charge in [-0.25, -0.2) is 0 Å². The van der Waals surface area contributed by atoms with Crippen LogP contribution < -0.4 is 10.9 Å². The van der Waals surface area contributed by atoms with Crippen LogP contribution in [0.3, 0.4) is 0 Å². The van der Waals surface area contributed by atoms with E-state index in [2.05, 4.69) is 22.4 Å². The molecule has 3 nitrogen and oxygen atoms in total. The summed E-state index contributed by atoms with van der Waals surface area (Å²) in [5.74, 6) is 0. The number of hydrogen-bond acceptors (Lipinski definition) is 3. The van der Waals surface area contributed by atoms with E-state index in [0.717, 1.165) is 35.8 Å². The van der Waals surface area contributed by atoms with Crippen molar-refractivity contribution in [1.29, 1.82) is 0 Å². The second-order valence-electron chi connectivity index (χ2n) is 5.44. The maximum atomic E-state index is 11.8. The minimum absolute atomic E-state index is 0. The molecule has 2 N–H and O–H groups in total. The average molecular weight is 325 g/mol. The molecule has 0 atom stereocenters. The van der Waals surface area contributed by atoms with Crippen molar-refractivity contribution in [2.75, 3.05) is 0 Å². The summed E-state index contributed by atoms with van der Waals surface area (Å²) in [6.45, 7) is 4.94. The number of aromatic amines is 1. The fraction of sp³-hybridized carbons (Fsp3) is 0.438. The zero-order valence-corrected chi connectivity index (χ0v) is 14.0. The van der Waals surface area contributed by atoms with E-state index in [4.69, 9.17) is 0 Å². The van der Waals surface area contributed by atoms with Crippen molar-refractivity contribution in [3.8, 4) is 10.4 Å². The molecule has 114 valence electrons. The first-order chi connectivity index (χ1) is 9.67. The third kappa shape index (κ3) is 3.76. The van der Waals surface area contributed by atoms with E-state index in [0.29, 0.717) is 0 Å². The molecule has 1 saturated carbocycles. The summed E-state index contributed by atoms with van der Waals surface area (Å²) in [6, 6.07) is 7.13. The van der Waals surface area contributed by atoms with E-state index in [1.165, 1.54) is 22.6 Å². The Labute approximate surface area is 135 Å². The lowest BCUT2D eigenvalue weighted by Crippen LogP contribution is -2.14. The Balaban J connectivity index is 0.00000161. The summed E-state index contributed by atoms with van der Waals surface area (Å²) in [4.78, 5) is 17.3. The Morgan fingerprint density at radius 1 is 1.38 bits per heavy atom. The van der Waals surface area contributed by atoms with E-state index in [1.807, 2.05) is 31.3 Å². The molecule has 0 aliphatic heterocycles. The Morgan fingerprint density at radius 2 is 2.14 bits per heavy atom. The lowest BCUT2D eigenvalue weighted by atomic mass is 10.1. The number of aryl methyl sites for hydroxylation is 2. The normalized spacial score (nSPS) is 14.0. The van der Waals surface area contributed by atoms with Crippen LogP contribution >= 0.6 is 23.7 Å². The molecule has 1 aliphatic carbocycles. The van der Waals surface area contributed by atoms with Gasteiger partial charge in [0.2, 0.25) is 0 Å². The van der Waals surface area contributed by atoms with Gasteiger partial charge in [-0.1, -0.05) is 6.92 Å². The van der Waals surface area contributed by atoms with Gasteiger partial charge >= 0.3 is 0 Å². The first-order valence-corrected chi connectivity index (χ1v) is 8.04.